The molecule has 0 spiro atoms. The van der Waals surface area contributed by atoms with Gasteiger partial charge in [-0.15, -0.1) is 0 Å². The van der Waals surface area contributed by atoms with E-state index in [1.807, 2.05) is 18.2 Å². The number of carboxylic acid groups (broad SMARTS) is 1. The third-order valence-electron chi connectivity index (χ3n) is 4.33. The van der Waals surface area contributed by atoms with E-state index in [2.05, 4.69) is 15.4 Å². The van der Waals surface area contributed by atoms with Crippen molar-refractivity contribution in [2.75, 3.05) is 10.0 Å². The summed E-state index contributed by atoms with van der Waals surface area (Å²) in [6, 6.07) is 19.8. The van der Waals surface area contributed by atoms with Gasteiger partial charge in [-0.2, -0.15) is 0 Å². The van der Waals surface area contributed by atoms with Crippen LogP contribution in [-0.4, -0.2) is 31.3 Å². The van der Waals surface area contributed by atoms with Crippen molar-refractivity contribution >= 4 is 39.2 Å². The maximum Gasteiger partial charge on any atom is 0.337 e. The van der Waals surface area contributed by atoms with E-state index in [1.165, 1.54) is 48.5 Å². The number of benzene rings is 3. The summed E-state index contributed by atoms with van der Waals surface area (Å²) < 4.78 is 27.4. The van der Waals surface area contributed by atoms with Crippen LogP contribution in [0, 0.1) is 0 Å². The van der Waals surface area contributed by atoms with Crippen molar-refractivity contribution in [3.05, 3.63) is 90.0 Å². The molecule has 0 atom stereocenters. The maximum atomic E-state index is 12.6. The molecule has 164 valence electrons. The number of sulfonamides is 1. The topological polar surface area (TPSA) is 142 Å². The van der Waals surface area contributed by atoms with Gasteiger partial charge in [0.05, 0.1) is 16.1 Å². The lowest BCUT2D eigenvalue weighted by atomic mass is 10.2. The van der Waals surface area contributed by atoms with Crippen LogP contribution < -0.4 is 15.4 Å². The summed E-state index contributed by atoms with van der Waals surface area (Å²) in [6.07, 6.45) is 0. The Labute approximate surface area is 184 Å². The van der Waals surface area contributed by atoms with Crippen LogP contribution in [0.25, 0.3) is 0 Å². The Balaban J connectivity index is 1.63. The summed E-state index contributed by atoms with van der Waals surface area (Å²) in [7, 11) is -4.08. The predicted molar refractivity (Wildman–Crippen MR) is 118 cm³/mol. The van der Waals surface area contributed by atoms with Gasteiger partial charge in [0.25, 0.3) is 10.0 Å². The first-order chi connectivity index (χ1) is 15.3. The van der Waals surface area contributed by atoms with Crippen molar-refractivity contribution in [3.8, 4) is 0 Å². The molecule has 0 heterocycles. The van der Waals surface area contributed by atoms with Crippen LogP contribution in [0.4, 0.5) is 11.4 Å². The van der Waals surface area contributed by atoms with Crippen LogP contribution in [-0.2, 0) is 26.2 Å². The smallest absolute Gasteiger partial charge is 0.337 e. The largest absolute Gasteiger partial charge is 0.478 e. The molecule has 0 fully saturated rings. The average Bonchev–Trinajstić information content (AvgIpc) is 2.78. The second-order valence-electron chi connectivity index (χ2n) is 6.60. The maximum absolute atomic E-state index is 12.6. The molecule has 0 aromatic heterocycles. The number of carbonyl (C=O) groups excluding carboxylic acids is 2. The highest BCUT2D eigenvalue weighted by atomic mass is 32.2. The minimum absolute atomic E-state index is 0.0764. The molecule has 2 amide bonds. The monoisotopic (exact) mass is 453 g/mol. The van der Waals surface area contributed by atoms with Crippen molar-refractivity contribution in [1.29, 1.82) is 0 Å². The van der Waals surface area contributed by atoms with Gasteiger partial charge in [-0.25, -0.2) is 13.2 Å². The molecule has 32 heavy (non-hydrogen) atoms. The number of hydrogen-bond donors (Lipinski definition) is 4. The fourth-order valence-corrected chi connectivity index (χ4v) is 3.81. The van der Waals surface area contributed by atoms with Crippen LogP contribution in [0.1, 0.15) is 15.9 Å². The van der Waals surface area contributed by atoms with Gasteiger partial charge in [-0.3, -0.25) is 14.3 Å². The standard InChI is InChI=1S/C22H19N3O6S/c26-20(23-14-15-6-2-1-3-7-15)21(27)24-16-10-12-17(13-11-16)32(30,31)25-19-9-5-4-8-18(19)22(28)29/h1-13,25H,14H2,(H,23,26)(H,24,27)(H,28,29). The lowest BCUT2D eigenvalue weighted by Gasteiger charge is -2.11. The van der Waals surface area contributed by atoms with Gasteiger partial charge in [-0.05, 0) is 42.0 Å². The van der Waals surface area contributed by atoms with Crippen LogP contribution in [0.2, 0.25) is 0 Å². The van der Waals surface area contributed by atoms with Crippen LogP contribution in [0.3, 0.4) is 0 Å². The molecule has 4 N–H and O–H groups in total. The highest BCUT2D eigenvalue weighted by molar-refractivity contribution is 7.92. The van der Waals surface area contributed by atoms with E-state index in [0.29, 0.717) is 0 Å². The number of aromatic carboxylic acids is 1. The Morgan fingerprint density at radius 1 is 0.781 bits per heavy atom. The van der Waals surface area contributed by atoms with E-state index in [0.717, 1.165) is 5.56 Å². The summed E-state index contributed by atoms with van der Waals surface area (Å²) in [5.41, 5.74) is 0.781. The number of amides is 2. The second kappa shape index (κ2) is 9.75. The van der Waals surface area contributed by atoms with E-state index in [4.69, 9.17) is 0 Å². The van der Waals surface area contributed by atoms with E-state index >= 15 is 0 Å². The molecule has 0 aliphatic heterocycles. The number of rotatable bonds is 7. The Morgan fingerprint density at radius 2 is 1.41 bits per heavy atom. The Hall–Kier alpha value is -4.18. The van der Waals surface area contributed by atoms with Crippen molar-refractivity contribution in [3.63, 3.8) is 0 Å². The summed E-state index contributed by atoms with van der Waals surface area (Å²) >= 11 is 0. The third kappa shape index (κ3) is 5.70. The Kier molecular flexibility index (Phi) is 6.86. The Morgan fingerprint density at radius 3 is 2.06 bits per heavy atom. The van der Waals surface area contributed by atoms with Crippen LogP contribution >= 0.6 is 0 Å². The first-order valence-corrected chi connectivity index (χ1v) is 10.8. The first-order valence-electron chi connectivity index (χ1n) is 9.34. The molecule has 9 nitrogen and oxygen atoms in total. The minimum atomic E-state index is -4.08. The van der Waals surface area contributed by atoms with E-state index in [-0.39, 0.29) is 28.4 Å². The zero-order valence-electron chi connectivity index (χ0n) is 16.6. The van der Waals surface area contributed by atoms with Gasteiger partial charge in [0, 0.05) is 12.2 Å². The van der Waals surface area contributed by atoms with Crippen molar-refractivity contribution in [1.82, 2.24) is 5.32 Å². The third-order valence-corrected chi connectivity index (χ3v) is 5.71. The lowest BCUT2D eigenvalue weighted by molar-refractivity contribution is -0.136. The molecule has 0 saturated heterocycles. The van der Waals surface area contributed by atoms with Gasteiger partial charge in [0.2, 0.25) is 0 Å². The van der Waals surface area contributed by atoms with Gasteiger partial charge < -0.3 is 15.7 Å². The van der Waals surface area contributed by atoms with Crippen molar-refractivity contribution in [2.45, 2.75) is 11.4 Å². The minimum Gasteiger partial charge on any atom is -0.478 e. The van der Waals surface area contributed by atoms with Gasteiger partial charge in [-0.1, -0.05) is 42.5 Å². The zero-order valence-corrected chi connectivity index (χ0v) is 17.4. The molecule has 0 unspecified atom stereocenters. The normalized spacial score (nSPS) is 10.8. The quantitative estimate of drug-likeness (QED) is 0.405. The first kappa shape index (κ1) is 22.5. The van der Waals surface area contributed by atoms with Gasteiger partial charge in [0.1, 0.15) is 0 Å². The summed E-state index contributed by atoms with van der Waals surface area (Å²) in [5, 5.41) is 14.1. The molecule has 0 bridgehead atoms. The van der Waals surface area contributed by atoms with E-state index < -0.39 is 27.8 Å². The fraction of sp³-hybridized carbons (Fsp3) is 0.0455. The summed E-state index contributed by atoms with van der Waals surface area (Å²) in [5.74, 6) is -3.01. The van der Waals surface area contributed by atoms with Crippen molar-refractivity contribution in [2.24, 2.45) is 0 Å². The highest BCUT2D eigenvalue weighted by Crippen LogP contribution is 2.21. The molecular weight excluding hydrogens is 434 g/mol. The van der Waals surface area contributed by atoms with Gasteiger partial charge >= 0.3 is 17.8 Å². The fourth-order valence-electron chi connectivity index (χ4n) is 2.73. The van der Waals surface area contributed by atoms with Crippen LogP contribution in [0.5, 0.6) is 0 Å². The molecule has 10 heteroatoms. The second-order valence-corrected chi connectivity index (χ2v) is 8.29. The van der Waals surface area contributed by atoms with Crippen LogP contribution in [0.15, 0.2) is 83.8 Å². The molecule has 0 saturated carbocycles. The number of para-hydroxylation sites is 1. The number of carbonyl (C=O) groups is 3. The predicted octanol–water partition coefficient (Wildman–Crippen LogP) is 2.44. The summed E-state index contributed by atoms with van der Waals surface area (Å²) in [4.78, 5) is 35.1. The Bertz CT molecular complexity index is 1240. The number of nitrogens with one attached hydrogen (secondary N) is 3. The van der Waals surface area contributed by atoms with E-state index in [9.17, 15) is 27.9 Å². The number of hydrogen-bond acceptors (Lipinski definition) is 5. The van der Waals surface area contributed by atoms with Crippen molar-refractivity contribution < 1.29 is 27.9 Å². The molecule has 3 aromatic carbocycles. The van der Waals surface area contributed by atoms with Gasteiger partial charge in [0.15, 0.2) is 0 Å². The number of carboxylic acids is 1. The molecule has 0 aliphatic carbocycles. The molecule has 3 aromatic rings. The van der Waals surface area contributed by atoms with E-state index in [1.54, 1.807) is 12.1 Å². The molecular formula is C22H19N3O6S. The SMILES string of the molecule is O=C(NCc1ccccc1)C(=O)Nc1ccc(S(=O)(=O)Nc2ccccc2C(=O)O)cc1. The molecule has 3 rings (SSSR count). The molecule has 0 aliphatic rings. The lowest BCUT2D eigenvalue weighted by Crippen LogP contribution is -2.34. The molecule has 0 radical (unpaired) electrons. The summed E-state index contributed by atoms with van der Waals surface area (Å²) in [6.45, 7) is 0.188. The number of anilines is 2. The highest BCUT2D eigenvalue weighted by Gasteiger charge is 2.19. The average molecular weight is 453 g/mol. The zero-order chi connectivity index (χ0) is 23.1.